The molecular weight excluding hydrogens is 877 g/mol. The van der Waals surface area contributed by atoms with Crippen molar-refractivity contribution in [1.82, 2.24) is 0 Å². The molecule has 0 aliphatic rings. The fraction of sp³-hybridized carbons (Fsp3) is 0.954. The van der Waals surface area contributed by atoms with Crippen LogP contribution in [-0.4, -0.2) is 37.2 Å². The number of esters is 3. The van der Waals surface area contributed by atoms with Crippen molar-refractivity contribution in [2.45, 2.75) is 381 Å². The molecule has 0 aliphatic carbocycles. The smallest absolute Gasteiger partial charge is 0.306 e. The summed E-state index contributed by atoms with van der Waals surface area (Å²) in [7, 11) is 0. The highest BCUT2D eigenvalue weighted by atomic mass is 16.6. The first-order valence-corrected chi connectivity index (χ1v) is 32.4. The van der Waals surface area contributed by atoms with Crippen molar-refractivity contribution < 1.29 is 28.6 Å². The molecule has 0 amide bonds. The molecule has 422 valence electrons. The summed E-state index contributed by atoms with van der Waals surface area (Å²) in [5.41, 5.74) is 0. The van der Waals surface area contributed by atoms with Crippen LogP contribution in [0.1, 0.15) is 374 Å². The Morgan fingerprint density at radius 2 is 0.465 bits per heavy atom. The predicted molar refractivity (Wildman–Crippen MR) is 307 cm³/mol. The Morgan fingerprint density at radius 3 is 0.690 bits per heavy atom. The Hall–Kier alpha value is -1.59. The zero-order chi connectivity index (χ0) is 51.6. The first-order chi connectivity index (χ1) is 34.9. The number of rotatable bonds is 60. The third-order valence-corrected chi connectivity index (χ3v) is 15.0. The van der Waals surface area contributed by atoms with Crippen LogP contribution in [0, 0.1) is 5.92 Å². The van der Waals surface area contributed by atoms with Gasteiger partial charge in [-0.05, 0) is 25.2 Å². The van der Waals surface area contributed by atoms with Crippen molar-refractivity contribution in [3.05, 3.63) is 0 Å². The van der Waals surface area contributed by atoms with Gasteiger partial charge >= 0.3 is 17.9 Å². The molecule has 0 rings (SSSR count). The minimum Gasteiger partial charge on any atom is -0.462 e. The Balaban J connectivity index is 4.25. The molecule has 0 radical (unpaired) electrons. The van der Waals surface area contributed by atoms with Crippen molar-refractivity contribution in [2.24, 2.45) is 5.92 Å². The Morgan fingerprint density at radius 1 is 0.268 bits per heavy atom. The second kappa shape index (κ2) is 59.3. The lowest BCUT2D eigenvalue weighted by Crippen LogP contribution is -2.30. The summed E-state index contributed by atoms with van der Waals surface area (Å²) in [5, 5.41) is 0. The molecule has 0 bridgehead atoms. The van der Waals surface area contributed by atoms with Gasteiger partial charge in [0.05, 0.1) is 0 Å². The van der Waals surface area contributed by atoms with E-state index < -0.39 is 6.10 Å². The van der Waals surface area contributed by atoms with Crippen LogP contribution in [0.15, 0.2) is 0 Å². The van der Waals surface area contributed by atoms with E-state index >= 15 is 0 Å². The van der Waals surface area contributed by atoms with Crippen LogP contribution in [0.25, 0.3) is 0 Å². The maximum Gasteiger partial charge on any atom is 0.306 e. The topological polar surface area (TPSA) is 78.9 Å². The lowest BCUT2D eigenvalue weighted by Gasteiger charge is -2.18. The van der Waals surface area contributed by atoms with Gasteiger partial charge in [-0.3, -0.25) is 14.4 Å². The molecule has 0 spiro atoms. The average molecular weight is 1000 g/mol. The molecule has 0 aliphatic heterocycles. The van der Waals surface area contributed by atoms with Gasteiger partial charge in [-0.15, -0.1) is 0 Å². The monoisotopic (exact) mass is 1000 g/mol. The lowest BCUT2D eigenvalue weighted by atomic mass is 10.0. The largest absolute Gasteiger partial charge is 0.462 e. The van der Waals surface area contributed by atoms with Crippen LogP contribution in [0.5, 0.6) is 0 Å². The number of carbonyl (C=O) groups excluding carboxylic acids is 3. The fourth-order valence-corrected chi connectivity index (χ4v) is 10.2. The van der Waals surface area contributed by atoms with E-state index in [0.717, 1.165) is 63.7 Å². The van der Waals surface area contributed by atoms with Crippen LogP contribution < -0.4 is 0 Å². The number of hydrogen-bond donors (Lipinski definition) is 0. The summed E-state index contributed by atoms with van der Waals surface area (Å²) in [5.74, 6) is 0.0329. The van der Waals surface area contributed by atoms with Crippen molar-refractivity contribution >= 4 is 17.9 Å². The van der Waals surface area contributed by atoms with Gasteiger partial charge in [0.2, 0.25) is 0 Å². The Bertz CT molecular complexity index is 1070. The van der Waals surface area contributed by atoms with E-state index in [1.165, 1.54) is 270 Å². The summed E-state index contributed by atoms with van der Waals surface area (Å²) in [6.45, 7) is 9.10. The molecule has 6 heteroatoms. The fourth-order valence-electron chi connectivity index (χ4n) is 10.2. The van der Waals surface area contributed by atoms with Crippen LogP contribution in [-0.2, 0) is 28.6 Å². The summed E-state index contributed by atoms with van der Waals surface area (Å²) >= 11 is 0. The van der Waals surface area contributed by atoms with Gasteiger partial charge in [0.1, 0.15) is 13.2 Å². The molecule has 0 aromatic carbocycles. The molecular formula is C65H126O6. The summed E-state index contributed by atoms with van der Waals surface area (Å²) in [4.78, 5) is 38.3. The third kappa shape index (κ3) is 59.2. The summed E-state index contributed by atoms with van der Waals surface area (Å²) in [6.07, 6.45) is 66.8. The van der Waals surface area contributed by atoms with Crippen molar-refractivity contribution in [1.29, 1.82) is 0 Å². The van der Waals surface area contributed by atoms with Gasteiger partial charge in [0, 0.05) is 19.3 Å². The van der Waals surface area contributed by atoms with E-state index in [2.05, 4.69) is 27.7 Å². The van der Waals surface area contributed by atoms with Gasteiger partial charge in [-0.2, -0.15) is 0 Å². The SMILES string of the molecule is CCCCCCCCCCCCCCCCCCCCC(=O)O[C@H](COC(=O)CCCCCCCCCCCCCCCC)COC(=O)CCCCCCCCCCCCCCCCCCCCC(C)C. The lowest BCUT2D eigenvalue weighted by molar-refractivity contribution is -0.167. The van der Waals surface area contributed by atoms with Crippen LogP contribution in [0.2, 0.25) is 0 Å². The molecule has 0 saturated heterocycles. The molecule has 0 unspecified atom stereocenters. The van der Waals surface area contributed by atoms with Crippen LogP contribution in [0.4, 0.5) is 0 Å². The van der Waals surface area contributed by atoms with Crippen LogP contribution >= 0.6 is 0 Å². The average Bonchev–Trinajstić information content (AvgIpc) is 3.36. The second-order valence-electron chi connectivity index (χ2n) is 22.9. The second-order valence-corrected chi connectivity index (χ2v) is 22.9. The Labute approximate surface area is 444 Å². The standard InChI is InChI=1S/C65H126O6/c1-5-7-9-11-13-15-17-19-21-22-26-30-34-38-42-46-50-54-58-65(68)71-62(59-69-63(66)56-52-48-44-40-36-32-20-18-16-14-12-10-8-6-2)60-70-64(67)57-53-49-45-41-37-33-29-27-24-23-25-28-31-35-39-43-47-51-55-61(3)4/h61-62H,5-60H2,1-4H3/t62-/m1/s1. The molecule has 0 heterocycles. The van der Waals surface area contributed by atoms with E-state index in [1.54, 1.807) is 0 Å². The van der Waals surface area contributed by atoms with E-state index in [-0.39, 0.29) is 31.1 Å². The van der Waals surface area contributed by atoms with E-state index in [4.69, 9.17) is 14.2 Å². The van der Waals surface area contributed by atoms with Crippen molar-refractivity contribution in [2.75, 3.05) is 13.2 Å². The van der Waals surface area contributed by atoms with Crippen molar-refractivity contribution in [3.63, 3.8) is 0 Å². The highest BCUT2D eigenvalue weighted by Crippen LogP contribution is 2.19. The van der Waals surface area contributed by atoms with E-state index in [1.807, 2.05) is 0 Å². The maximum atomic E-state index is 12.9. The summed E-state index contributed by atoms with van der Waals surface area (Å²) < 4.78 is 17.0. The molecule has 0 aromatic rings. The molecule has 0 N–H and O–H groups in total. The van der Waals surface area contributed by atoms with E-state index in [0.29, 0.717) is 19.3 Å². The highest BCUT2D eigenvalue weighted by molar-refractivity contribution is 5.71. The zero-order valence-corrected chi connectivity index (χ0v) is 48.7. The quantitative estimate of drug-likeness (QED) is 0.0343. The zero-order valence-electron chi connectivity index (χ0n) is 48.7. The number of carbonyl (C=O) groups is 3. The van der Waals surface area contributed by atoms with Gasteiger partial charge < -0.3 is 14.2 Å². The number of ether oxygens (including phenoxy) is 3. The number of unbranched alkanes of at least 4 members (excludes halogenated alkanes) is 47. The molecule has 0 fully saturated rings. The van der Waals surface area contributed by atoms with Crippen LogP contribution in [0.3, 0.4) is 0 Å². The minimum atomic E-state index is -0.763. The van der Waals surface area contributed by atoms with Gasteiger partial charge in [-0.25, -0.2) is 0 Å². The van der Waals surface area contributed by atoms with Gasteiger partial charge in [0.15, 0.2) is 6.10 Å². The maximum absolute atomic E-state index is 12.9. The number of hydrogen-bond acceptors (Lipinski definition) is 6. The van der Waals surface area contributed by atoms with Crippen molar-refractivity contribution in [3.8, 4) is 0 Å². The summed E-state index contributed by atoms with van der Waals surface area (Å²) in [6, 6.07) is 0. The highest BCUT2D eigenvalue weighted by Gasteiger charge is 2.19. The molecule has 6 nitrogen and oxygen atoms in total. The predicted octanol–water partition coefficient (Wildman–Crippen LogP) is 21.7. The minimum absolute atomic E-state index is 0.0610. The molecule has 1 atom stereocenters. The van der Waals surface area contributed by atoms with Gasteiger partial charge in [0.25, 0.3) is 0 Å². The third-order valence-electron chi connectivity index (χ3n) is 15.0. The molecule has 0 saturated carbocycles. The van der Waals surface area contributed by atoms with E-state index in [9.17, 15) is 14.4 Å². The first kappa shape index (κ1) is 69.4. The Kier molecular flexibility index (Phi) is 58.0. The first-order valence-electron chi connectivity index (χ1n) is 32.4. The molecule has 0 aromatic heterocycles. The normalized spacial score (nSPS) is 12.0. The molecule has 71 heavy (non-hydrogen) atoms. The van der Waals surface area contributed by atoms with Gasteiger partial charge in [-0.1, -0.05) is 336 Å².